The van der Waals surface area contributed by atoms with E-state index in [-0.39, 0.29) is 24.2 Å². The van der Waals surface area contributed by atoms with Crippen LogP contribution in [0, 0.1) is 0 Å². The third-order valence-electron chi connectivity index (χ3n) is 7.92. The second kappa shape index (κ2) is 9.79. The zero-order chi connectivity index (χ0) is 25.4. The van der Waals surface area contributed by atoms with Crippen molar-refractivity contribution in [1.29, 1.82) is 0 Å². The number of rotatable bonds is 6. The number of imide groups is 1. The van der Waals surface area contributed by atoms with Gasteiger partial charge in [0.15, 0.2) is 0 Å². The van der Waals surface area contributed by atoms with Crippen LogP contribution >= 0.6 is 0 Å². The van der Waals surface area contributed by atoms with E-state index in [0.717, 1.165) is 44.0 Å². The summed E-state index contributed by atoms with van der Waals surface area (Å²) in [5.74, 6) is -0.620. The first-order valence-electron chi connectivity index (χ1n) is 12.5. The predicted octanol–water partition coefficient (Wildman–Crippen LogP) is -1.12. The van der Waals surface area contributed by atoms with E-state index in [1.54, 1.807) is 32.7 Å². The van der Waals surface area contributed by atoms with Gasteiger partial charge in [0.25, 0.3) is 5.91 Å². The molecule has 2 aromatic carbocycles. The Labute approximate surface area is 213 Å². The minimum Gasteiger partial charge on any atom is -0.489 e. The molecule has 0 aliphatic carbocycles. The number of nitrogens with one attached hydrogen (secondary N) is 1. The van der Waals surface area contributed by atoms with Crippen molar-refractivity contribution in [2.24, 2.45) is 0 Å². The molecule has 2 atom stereocenters. The van der Waals surface area contributed by atoms with Crippen LogP contribution in [-0.4, -0.2) is 83.4 Å². The molecule has 2 unspecified atom stereocenters. The van der Waals surface area contributed by atoms with Gasteiger partial charge in [-0.25, -0.2) is 0 Å². The van der Waals surface area contributed by atoms with Gasteiger partial charge >= 0.3 is 0 Å². The summed E-state index contributed by atoms with van der Waals surface area (Å²) in [6.45, 7) is 5.04. The van der Waals surface area contributed by atoms with Crippen LogP contribution in [0.4, 0.5) is 0 Å². The fourth-order valence-electron chi connectivity index (χ4n) is 5.19. The summed E-state index contributed by atoms with van der Waals surface area (Å²) in [6, 6.07) is 13.1. The Morgan fingerprint density at radius 3 is 2.44 bits per heavy atom. The lowest BCUT2D eigenvalue weighted by Gasteiger charge is -2.43. The first-order valence-corrected chi connectivity index (χ1v) is 12.5. The van der Waals surface area contributed by atoms with Crippen molar-refractivity contribution in [3.63, 3.8) is 0 Å². The number of carbonyl (C=O) groups is 3. The van der Waals surface area contributed by atoms with E-state index in [4.69, 9.17) is 9.47 Å². The van der Waals surface area contributed by atoms with Crippen LogP contribution in [0.15, 0.2) is 42.5 Å². The fourth-order valence-corrected chi connectivity index (χ4v) is 5.19. The Balaban J connectivity index is 1.27. The summed E-state index contributed by atoms with van der Waals surface area (Å²) in [7, 11) is 5.47. The van der Waals surface area contributed by atoms with Crippen molar-refractivity contribution in [3.05, 3.63) is 64.7 Å². The monoisotopic (exact) mass is 485 g/mol. The topological polar surface area (TPSA) is 88.2 Å². The minimum atomic E-state index is -0.763. The van der Waals surface area contributed by atoms with Gasteiger partial charge in [0, 0.05) is 30.8 Å². The molecule has 2 saturated heterocycles. The number of hydrogen-bond acceptors (Lipinski definition) is 6. The SMILES string of the molecule is BC1C(N2Cc3c(OCc4ccc(CN5CCOCC5)cc4)cccc3C2=O)C(=O)NC(=O)C1(B)B. The molecular formula is C25H30B3N3O5. The molecule has 0 radical (unpaired) electrons. The van der Waals surface area contributed by atoms with Gasteiger partial charge in [-0.05, 0) is 34.3 Å². The summed E-state index contributed by atoms with van der Waals surface area (Å²) in [6.07, 6.45) is 0. The zero-order valence-electron chi connectivity index (χ0n) is 21.1. The van der Waals surface area contributed by atoms with Gasteiger partial charge in [-0.15, -0.1) is 0 Å². The maximum absolute atomic E-state index is 13.3. The molecular weight excluding hydrogens is 455 g/mol. The van der Waals surface area contributed by atoms with Crippen LogP contribution in [0.5, 0.6) is 5.75 Å². The Bertz CT molecular complexity index is 1180. The lowest BCUT2D eigenvalue weighted by molar-refractivity contribution is -0.137. The number of piperidine rings is 1. The Kier molecular flexibility index (Phi) is 6.70. The number of ether oxygens (including phenoxy) is 2. The lowest BCUT2D eigenvalue weighted by atomic mass is 9.40. The van der Waals surface area contributed by atoms with Crippen LogP contribution < -0.4 is 10.1 Å². The molecule has 3 aliphatic heterocycles. The summed E-state index contributed by atoms with van der Waals surface area (Å²) in [5, 5.41) is 1.69. The number of nitrogens with zero attached hydrogens (tertiary/aromatic N) is 2. The molecule has 5 rings (SSSR count). The molecule has 0 bridgehead atoms. The van der Waals surface area contributed by atoms with Gasteiger partial charge in [-0.2, -0.15) is 0 Å². The van der Waals surface area contributed by atoms with Crippen LogP contribution in [0.1, 0.15) is 27.0 Å². The first-order chi connectivity index (χ1) is 17.3. The molecule has 0 spiro atoms. The van der Waals surface area contributed by atoms with Crippen molar-refractivity contribution >= 4 is 41.3 Å². The normalized spacial score (nSPS) is 23.9. The molecule has 1 N–H and O–H groups in total. The number of benzene rings is 2. The van der Waals surface area contributed by atoms with Crippen molar-refractivity contribution in [1.82, 2.24) is 15.1 Å². The maximum Gasteiger partial charge on any atom is 0.255 e. The lowest BCUT2D eigenvalue weighted by Crippen LogP contribution is -2.61. The van der Waals surface area contributed by atoms with E-state index in [0.29, 0.717) is 17.9 Å². The average Bonchev–Trinajstić information content (AvgIpc) is 3.20. The van der Waals surface area contributed by atoms with Crippen LogP contribution in [0.3, 0.4) is 0 Å². The van der Waals surface area contributed by atoms with Gasteiger partial charge in [-0.3, -0.25) is 24.6 Å². The summed E-state index contributed by atoms with van der Waals surface area (Å²) < 4.78 is 11.6. The van der Waals surface area contributed by atoms with Crippen LogP contribution in [0.25, 0.3) is 0 Å². The van der Waals surface area contributed by atoms with Gasteiger partial charge in [-0.1, -0.05) is 30.3 Å². The van der Waals surface area contributed by atoms with E-state index in [1.165, 1.54) is 5.56 Å². The van der Waals surface area contributed by atoms with Crippen molar-refractivity contribution in [2.75, 3.05) is 26.3 Å². The molecule has 0 saturated carbocycles. The number of hydrogen-bond donors (Lipinski definition) is 1. The minimum absolute atomic E-state index is 0.208. The van der Waals surface area contributed by atoms with Gasteiger partial charge in [0.1, 0.15) is 41.9 Å². The second-order valence-corrected chi connectivity index (χ2v) is 10.5. The van der Waals surface area contributed by atoms with Crippen molar-refractivity contribution in [2.45, 2.75) is 36.8 Å². The summed E-state index contributed by atoms with van der Waals surface area (Å²) >= 11 is 0. The molecule has 11 heteroatoms. The highest BCUT2D eigenvalue weighted by atomic mass is 16.5. The van der Waals surface area contributed by atoms with Gasteiger partial charge in [0.2, 0.25) is 11.8 Å². The average molecular weight is 485 g/mol. The Morgan fingerprint density at radius 2 is 1.72 bits per heavy atom. The molecule has 36 heavy (non-hydrogen) atoms. The maximum atomic E-state index is 13.3. The van der Waals surface area contributed by atoms with E-state index in [2.05, 4.69) is 34.5 Å². The zero-order valence-corrected chi connectivity index (χ0v) is 21.1. The smallest absolute Gasteiger partial charge is 0.255 e. The quantitative estimate of drug-likeness (QED) is 0.413. The molecule has 3 aliphatic rings. The highest BCUT2D eigenvalue weighted by Gasteiger charge is 2.51. The van der Waals surface area contributed by atoms with Crippen molar-refractivity contribution < 1.29 is 23.9 Å². The largest absolute Gasteiger partial charge is 0.489 e. The Hall–Kier alpha value is -3.04. The standard InChI is InChI=1S/C25H30B3N3O5/c26-21-20(22(32)29-24(34)25(21,27)28)31-13-18-17(23(31)33)2-1-3-19(18)36-14-16-6-4-15(5-7-16)12-30-8-10-35-11-9-30/h1-7,20-21H,8-14,26-28H2,(H,29,32,34). The molecule has 8 nitrogen and oxygen atoms in total. The fraction of sp³-hybridized carbons (Fsp3) is 0.400. The van der Waals surface area contributed by atoms with E-state index < -0.39 is 17.2 Å². The van der Waals surface area contributed by atoms with Gasteiger partial charge in [0.05, 0.1) is 19.8 Å². The summed E-state index contributed by atoms with van der Waals surface area (Å²) in [4.78, 5) is 42.4. The molecule has 184 valence electrons. The van der Waals surface area contributed by atoms with Crippen LogP contribution in [0.2, 0.25) is 11.0 Å². The Morgan fingerprint density at radius 1 is 1.03 bits per heavy atom. The number of morpholine rings is 1. The highest BCUT2D eigenvalue weighted by Crippen LogP contribution is 2.42. The second-order valence-electron chi connectivity index (χ2n) is 10.5. The molecule has 3 heterocycles. The molecule has 0 aromatic heterocycles. The van der Waals surface area contributed by atoms with Gasteiger partial charge < -0.3 is 14.4 Å². The van der Waals surface area contributed by atoms with Crippen molar-refractivity contribution in [3.8, 4) is 5.75 Å². The predicted molar refractivity (Wildman–Crippen MR) is 142 cm³/mol. The van der Waals surface area contributed by atoms with E-state index in [1.807, 2.05) is 13.9 Å². The highest BCUT2D eigenvalue weighted by molar-refractivity contribution is 6.56. The molecule has 2 aromatic rings. The third kappa shape index (κ3) is 4.57. The third-order valence-corrected chi connectivity index (χ3v) is 7.92. The van der Waals surface area contributed by atoms with E-state index >= 15 is 0 Å². The number of carbonyl (C=O) groups excluding carboxylic acids is 3. The molecule has 3 amide bonds. The first kappa shape index (κ1) is 24.7. The van der Waals surface area contributed by atoms with Crippen LogP contribution in [-0.2, 0) is 34.0 Å². The molecule has 2 fully saturated rings. The summed E-state index contributed by atoms with van der Waals surface area (Å²) in [5.41, 5.74) is 3.62. The number of fused-ring (bicyclic) bond motifs is 1. The number of amides is 3. The van der Waals surface area contributed by atoms with E-state index in [9.17, 15) is 14.4 Å².